The maximum atomic E-state index is 12.1. The number of carbonyl (C=O) groups is 1. The summed E-state index contributed by atoms with van der Waals surface area (Å²) in [5.74, 6) is 0.209. The minimum Gasteiger partial charge on any atom is -0.352 e. The van der Waals surface area contributed by atoms with Crippen LogP contribution in [-0.2, 0) is 0 Å². The Morgan fingerprint density at radius 2 is 2.24 bits per heavy atom. The Kier molecular flexibility index (Phi) is 2.69. The Morgan fingerprint density at radius 1 is 1.35 bits per heavy atom. The Morgan fingerprint density at radius 3 is 3.00 bits per heavy atom. The standard InChI is InChI=1S/C14H16N2O/c17-14(9-11-5-3-7-15-11)13-8-10-4-1-2-6-12(10)16-13/h1-2,4,6,8,11,15-16H,3,5,7,9H2. The van der Waals surface area contributed by atoms with Crippen LogP contribution in [0.3, 0.4) is 0 Å². The van der Waals surface area contributed by atoms with E-state index in [-0.39, 0.29) is 5.78 Å². The number of H-pyrrole nitrogens is 1. The number of Topliss-reactive ketones (excluding diaryl/α,β-unsaturated/α-hetero) is 1. The van der Waals surface area contributed by atoms with Gasteiger partial charge in [0.15, 0.2) is 5.78 Å². The Balaban J connectivity index is 1.80. The first-order chi connectivity index (χ1) is 8.33. The van der Waals surface area contributed by atoms with E-state index in [9.17, 15) is 4.79 Å². The molecular weight excluding hydrogens is 212 g/mol. The first kappa shape index (κ1) is 10.5. The average Bonchev–Trinajstić information content (AvgIpc) is 2.96. The van der Waals surface area contributed by atoms with Crippen molar-refractivity contribution in [3.8, 4) is 0 Å². The number of hydrogen-bond acceptors (Lipinski definition) is 2. The first-order valence-electron chi connectivity index (χ1n) is 6.17. The predicted molar refractivity (Wildman–Crippen MR) is 68.3 cm³/mol. The lowest BCUT2D eigenvalue weighted by Crippen LogP contribution is -2.24. The highest BCUT2D eigenvalue weighted by Gasteiger charge is 2.19. The summed E-state index contributed by atoms with van der Waals surface area (Å²) in [4.78, 5) is 15.3. The lowest BCUT2D eigenvalue weighted by Gasteiger charge is -2.07. The molecule has 1 atom stereocenters. The summed E-state index contributed by atoms with van der Waals surface area (Å²) in [7, 11) is 0. The zero-order chi connectivity index (χ0) is 11.7. The van der Waals surface area contributed by atoms with Crippen LogP contribution in [0.2, 0.25) is 0 Å². The molecule has 1 saturated heterocycles. The molecule has 0 spiro atoms. The highest BCUT2D eigenvalue weighted by Crippen LogP contribution is 2.18. The van der Waals surface area contributed by atoms with Gasteiger partial charge >= 0.3 is 0 Å². The fourth-order valence-corrected chi connectivity index (χ4v) is 2.49. The largest absolute Gasteiger partial charge is 0.352 e. The van der Waals surface area contributed by atoms with E-state index in [1.165, 1.54) is 6.42 Å². The molecule has 0 bridgehead atoms. The van der Waals surface area contributed by atoms with Crippen molar-refractivity contribution in [3.05, 3.63) is 36.0 Å². The summed E-state index contributed by atoms with van der Waals surface area (Å²) in [5, 5.41) is 4.46. The van der Waals surface area contributed by atoms with Gasteiger partial charge in [0.1, 0.15) is 0 Å². The van der Waals surface area contributed by atoms with Gasteiger partial charge in [-0.1, -0.05) is 18.2 Å². The molecule has 3 heteroatoms. The number of nitrogens with one attached hydrogen (secondary N) is 2. The van der Waals surface area contributed by atoms with Gasteiger partial charge < -0.3 is 10.3 Å². The molecule has 3 nitrogen and oxygen atoms in total. The van der Waals surface area contributed by atoms with E-state index in [0.717, 1.165) is 29.6 Å². The smallest absolute Gasteiger partial charge is 0.180 e. The maximum absolute atomic E-state index is 12.1. The molecule has 1 aromatic heterocycles. The Hall–Kier alpha value is -1.61. The number of ketones is 1. The Labute approximate surface area is 100 Å². The molecule has 0 radical (unpaired) electrons. The predicted octanol–water partition coefficient (Wildman–Crippen LogP) is 2.49. The minimum atomic E-state index is 0.209. The number of hydrogen-bond donors (Lipinski definition) is 2. The van der Waals surface area contributed by atoms with Crippen molar-refractivity contribution in [1.82, 2.24) is 10.3 Å². The van der Waals surface area contributed by atoms with Gasteiger partial charge in [0.2, 0.25) is 0 Å². The summed E-state index contributed by atoms with van der Waals surface area (Å²) in [5.41, 5.74) is 1.77. The first-order valence-corrected chi connectivity index (χ1v) is 6.17. The van der Waals surface area contributed by atoms with Gasteiger partial charge in [-0.3, -0.25) is 4.79 Å². The Bertz CT molecular complexity index is 505. The van der Waals surface area contributed by atoms with Crippen molar-refractivity contribution in [2.75, 3.05) is 6.54 Å². The summed E-state index contributed by atoms with van der Waals surface area (Å²) in [6.07, 6.45) is 2.91. The SMILES string of the molecule is O=C(CC1CCCN1)c1cc2ccccc2[nH]1. The van der Waals surface area contributed by atoms with Crippen LogP contribution in [0.5, 0.6) is 0 Å². The third kappa shape index (κ3) is 2.11. The van der Waals surface area contributed by atoms with E-state index in [2.05, 4.69) is 10.3 Å². The highest BCUT2D eigenvalue weighted by molar-refractivity contribution is 5.99. The number of aromatic nitrogens is 1. The van der Waals surface area contributed by atoms with Crippen LogP contribution in [0.25, 0.3) is 10.9 Å². The van der Waals surface area contributed by atoms with Crippen LogP contribution in [-0.4, -0.2) is 23.4 Å². The zero-order valence-electron chi connectivity index (χ0n) is 9.70. The quantitative estimate of drug-likeness (QED) is 0.793. The molecule has 0 saturated carbocycles. The molecule has 2 heterocycles. The number of rotatable bonds is 3. The van der Waals surface area contributed by atoms with Crippen LogP contribution < -0.4 is 5.32 Å². The van der Waals surface area contributed by atoms with Crippen molar-refractivity contribution in [2.45, 2.75) is 25.3 Å². The van der Waals surface area contributed by atoms with Gasteiger partial charge in [0.05, 0.1) is 5.69 Å². The summed E-state index contributed by atoms with van der Waals surface area (Å²) >= 11 is 0. The summed E-state index contributed by atoms with van der Waals surface area (Å²) < 4.78 is 0. The lowest BCUT2D eigenvalue weighted by molar-refractivity contribution is 0.0967. The van der Waals surface area contributed by atoms with Crippen molar-refractivity contribution >= 4 is 16.7 Å². The molecule has 0 amide bonds. The molecule has 88 valence electrons. The second kappa shape index (κ2) is 4.34. The van der Waals surface area contributed by atoms with Crippen LogP contribution in [0.4, 0.5) is 0 Å². The number of carbonyl (C=O) groups excluding carboxylic acids is 1. The van der Waals surface area contributed by atoms with Gasteiger partial charge in [-0.15, -0.1) is 0 Å². The van der Waals surface area contributed by atoms with Crippen LogP contribution in [0, 0.1) is 0 Å². The molecule has 2 aromatic rings. The number of aromatic amines is 1. The highest BCUT2D eigenvalue weighted by atomic mass is 16.1. The van der Waals surface area contributed by atoms with E-state index in [1.54, 1.807) is 0 Å². The summed E-state index contributed by atoms with van der Waals surface area (Å²) in [6, 6.07) is 10.3. The van der Waals surface area contributed by atoms with E-state index < -0.39 is 0 Å². The topological polar surface area (TPSA) is 44.9 Å². The molecule has 3 rings (SSSR count). The van der Waals surface area contributed by atoms with Crippen molar-refractivity contribution in [2.24, 2.45) is 0 Å². The molecule has 1 aromatic carbocycles. The molecular formula is C14H16N2O. The molecule has 2 N–H and O–H groups in total. The van der Waals surface area contributed by atoms with Crippen LogP contribution in [0.15, 0.2) is 30.3 Å². The third-order valence-corrected chi connectivity index (χ3v) is 3.42. The van der Waals surface area contributed by atoms with Crippen molar-refractivity contribution in [3.63, 3.8) is 0 Å². The van der Waals surface area contributed by atoms with Crippen molar-refractivity contribution in [1.29, 1.82) is 0 Å². The van der Waals surface area contributed by atoms with Crippen LogP contribution in [0.1, 0.15) is 29.8 Å². The summed E-state index contributed by atoms with van der Waals surface area (Å²) in [6.45, 7) is 1.05. The number of benzene rings is 1. The lowest BCUT2D eigenvalue weighted by atomic mass is 10.1. The van der Waals surface area contributed by atoms with Gasteiger partial charge in [-0.05, 0) is 31.5 Å². The average molecular weight is 228 g/mol. The van der Waals surface area contributed by atoms with Gasteiger partial charge in [-0.2, -0.15) is 0 Å². The number of para-hydroxylation sites is 1. The van der Waals surface area contributed by atoms with E-state index in [1.807, 2.05) is 30.3 Å². The molecule has 1 aliphatic heterocycles. The molecule has 1 fully saturated rings. The fraction of sp³-hybridized carbons (Fsp3) is 0.357. The molecule has 0 aliphatic carbocycles. The van der Waals surface area contributed by atoms with Gasteiger partial charge in [-0.25, -0.2) is 0 Å². The maximum Gasteiger partial charge on any atom is 0.180 e. The fourth-order valence-electron chi connectivity index (χ4n) is 2.49. The van der Waals surface area contributed by atoms with Crippen LogP contribution >= 0.6 is 0 Å². The monoisotopic (exact) mass is 228 g/mol. The van der Waals surface area contributed by atoms with Gasteiger partial charge in [0.25, 0.3) is 0 Å². The molecule has 1 unspecified atom stereocenters. The van der Waals surface area contributed by atoms with Gasteiger partial charge in [0, 0.05) is 23.4 Å². The van der Waals surface area contributed by atoms with Crippen molar-refractivity contribution < 1.29 is 4.79 Å². The zero-order valence-corrected chi connectivity index (χ0v) is 9.70. The second-order valence-corrected chi connectivity index (χ2v) is 4.69. The normalized spacial score (nSPS) is 19.9. The third-order valence-electron chi connectivity index (χ3n) is 3.42. The van der Waals surface area contributed by atoms with E-state index in [0.29, 0.717) is 12.5 Å². The molecule has 1 aliphatic rings. The second-order valence-electron chi connectivity index (χ2n) is 4.69. The minimum absolute atomic E-state index is 0.209. The number of fused-ring (bicyclic) bond motifs is 1. The van der Waals surface area contributed by atoms with E-state index in [4.69, 9.17) is 0 Å². The van der Waals surface area contributed by atoms with E-state index >= 15 is 0 Å². The molecule has 17 heavy (non-hydrogen) atoms.